The van der Waals surface area contributed by atoms with Crippen molar-refractivity contribution >= 4 is 34.1 Å². The summed E-state index contributed by atoms with van der Waals surface area (Å²) in [6.07, 6.45) is 3.60. The second-order valence-corrected chi connectivity index (χ2v) is 10.3. The van der Waals surface area contributed by atoms with Crippen molar-refractivity contribution < 1.29 is 9.59 Å². The second-order valence-electron chi connectivity index (χ2n) is 10.3. The Morgan fingerprint density at radius 2 is 1.68 bits per heavy atom. The molecule has 7 nitrogen and oxygen atoms in total. The lowest BCUT2D eigenvalue weighted by Crippen LogP contribution is -2.30. The average molecular weight is 510 g/mol. The van der Waals surface area contributed by atoms with Crippen LogP contribution in [-0.4, -0.2) is 53.7 Å². The smallest absolute Gasteiger partial charge is 0.258 e. The minimum atomic E-state index is -0.193. The highest BCUT2D eigenvalue weighted by atomic mass is 16.2. The lowest BCUT2D eigenvalue weighted by molar-refractivity contribution is 0.0991. The summed E-state index contributed by atoms with van der Waals surface area (Å²) < 4.78 is 2.09. The van der Waals surface area contributed by atoms with Gasteiger partial charge in [0.15, 0.2) is 0 Å². The molecule has 5 rings (SSSR count). The summed E-state index contributed by atoms with van der Waals surface area (Å²) in [5.74, 6) is 0.444. The zero-order valence-corrected chi connectivity index (χ0v) is 22.4. The monoisotopic (exact) mass is 509 g/mol. The number of piperidine rings is 1. The van der Waals surface area contributed by atoms with Gasteiger partial charge in [-0.25, -0.2) is 0 Å². The van der Waals surface area contributed by atoms with E-state index in [0.717, 1.165) is 46.9 Å². The van der Waals surface area contributed by atoms with Gasteiger partial charge >= 0.3 is 0 Å². The number of hydrogen-bond donors (Lipinski definition) is 1. The van der Waals surface area contributed by atoms with Gasteiger partial charge in [0, 0.05) is 41.5 Å². The molecule has 4 aromatic rings. The summed E-state index contributed by atoms with van der Waals surface area (Å²) in [7, 11) is 3.92. The normalized spacial score (nSPS) is 14.5. The topological polar surface area (TPSA) is 70.5 Å². The van der Waals surface area contributed by atoms with Crippen molar-refractivity contribution in [2.75, 3.05) is 37.4 Å². The maximum Gasteiger partial charge on any atom is 0.258 e. The minimum absolute atomic E-state index is 0.0983. The zero-order chi connectivity index (χ0) is 26.6. The summed E-state index contributed by atoms with van der Waals surface area (Å²) in [4.78, 5) is 29.7. The van der Waals surface area contributed by atoms with E-state index in [0.29, 0.717) is 11.1 Å². The van der Waals surface area contributed by atoms with E-state index in [1.165, 1.54) is 25.9 Å². The summed E-state index contributed by atoms with van der Waals surface area (Å²) in [6.45, 7) is 5.25. The summed E-state index contributed by atoms with van der Waals surface area (Å²) in [6, 6.07) is 22.2. The summed E-state index contributed by atoms with van der Waals surface area (Å²) in [5.41, 5.74) is 4.66. The maximum absolute atomic E-state index is 13.0. The van der Waals surface area contributed by atoms with Crippen LogP contribution in [-0.2, 0) is 6.54 Å². The molecule has 1 aliphatic heterocycles. The van der Waals surface area contributed by atoms with Gasteiger partial charge in [-0.05, 0) is 107 Å². The molecule has 0 atom stereocenters. The van der Waals surface area contributed by atoms with E-state index in [4.69, 9.17) is 5.10 Å². The first-order valence-corrected chi connectivity index (χ1v) is 13.3. The van der Waals surface area contributed by atoms with Crippen LogP contribution in [0.25, 0.3) is 10.9 Å². The fraction of sp³-hybridized carbons (Fsp3) is 0.323. The molecule has 7 heteroatoms. The Balaban J connectivity index is 1.25. The maximum atomic E-state index is 13.0. The van der Waals surface area contributed by atoms with Crippen LogP contribution in [0.15, 0.2) is 72.8 Å². The quantitative estimate of drug-likeness (QED) is 0.352. The fourth-order valence-corrected chi connectivity index (χ4v) is 5.18. The third-order valence-electron chi connectivity index (χ3n) is 7.62. The van der Waals surface area contributed by atoms with Gasteiger partial charge in [0.25, 0.3) is 11.8 Å². The minimum Gasteiger partial charge on any atom is -0.322 e. The van der Waals surface area contributed by atoms with Crippen molar-refractivity contribution in [3.05, 3.63) is 89.6 Å². The number of likely N-dealkylation sites (tertiary alicyclic amines) is 1. The van der Waals surface area contributed by atoms with E-state index in [1.54, 1.807) is 48.3 Å². The van der Waals surface area contributed by atoms with Crippen molar-refractivity contribution in [1.82, 2.24) is 14.7 Å². The SMILES string of the molecule is Cc1nn(CCC2CCN(C)CC2)c2cc(NC(=O)c3ccc(N(C)C(=O)c4ccccc4)cc3)ccc12. The van der Waals surface area contributed by atoms with Crippen LogP contribution in [0.2, 0.25) is 0 Å². The van der Waals surface area contributed by atoms with Gasteiger partial charge < -0.3 is 15.1 Å². The largest absolute Gasteiger partial charge is 0.322 e. The van der Waals surface area contributed by atoms with Gasteiger partial charge in [0.2, 0.25) is 0 Å². The van der Waals surface area contributed by atoms with Crippen LogP contribution in [0.5, 0.6) is 0 Å². The van der Waals surface area contributed by atoms with E-state index >= 15 is 0 Å². The number of aromatic nitrogens is 2. The lowest BCUT2D eigenvalue weighted by atomic mass is 9.94. The molecule has 3 aromatic carbocycles. The van der Waals surface area contributed by atoms with Gasteiger partial charge in [0.05, 0.1) is 11.2 Å². The van der Waals surface area contributed by atoms with Crippen LogP contribution in [0.3, 0.4) is 0 Å². The number of carbonyl (C=O) groups is 2. The van der Waals surface area contributed by atoms with Gasteiger partial charge in [-0.3, -0.25) is 14.3 Å². The number of anilines is 2. The van der Waals surface area contributed by atoms with E-state index in [9.17, 15) is 9.59 Å². The molecule has 0 saturated carbocycles. The molecular formula is C31H35N5O2. The Morgan fingerprint density at radius 3 is 2.39 bits per heavy atom. The Labute approximate surface area is 224 Å². The predicted molar refractivity (Wildman–Crippen MR) is 153 cm³/mol. The Kier molecular flexibility index (Phi) is 7.56. The molecule has 196 valence electrons. The first-order valence-electron chi connectivity index (χ1n) is 13.3. The van der Waals surface area contributed by atoms with Crippen LogP contribution in [0.1, 0.15) is 45.7 Å². The first kappa shape index (κ1) is 25.7. The number of hydrogen-bond acceptors (Lipinski definition) is 4. The number of amides is 2. The Morgan fingerprint density at radius 1 is 0.974 bits per heavy atom. The van der Waals surface area contributed by atoms with Crippen molar-refractivity contribution in [2.24, 2.45) is 5.92 Å². The van der Waals surface area contributed by atoms with E-state index in [2.05, 4.69) is 21.9 Å². The molecule has 0 aliphatic carbocycles. The number of nitrogens with one attached hydrogen (secondary N) is 1. The Hall–Kier alpha value is -3.97. The number of rotatable bonds is 7. The van der Waals surface area contributed by atoms with E-state index < -0.39 is 0 Å². The highest BCUT2D eigenvalue weighted by Gasteiger charge is 2.18. The molecule has 1 N–H and O–H groups in total. The standard InChI is InChI=1S/C31H35N5O2/c1-22-28-14-11-26(21-29(28)36(33-22)20-17-23-15-18-34(2)19-16-23)32-30(37)24-9-12-27(13-10-24)35(3)31(38)25-7-5-4-6-8-25/h4-14,21,23H,15-20H2,1-3H3,(H,32,37). The van der Waals surface area contributed by atoms with Gasteiger partial charge in [-0.1, -0.05) is 18.2 Å². The molecule has 38 heavy (non-hydrogen) atoms. The number of aryl methyl sites for hydroxylation is 2. The predicted octanol–water partition coefficient (Wildman–Crippen LogP) is 5.61. The molecule has 0 bridgehead atoms. The first-order chi connectivity index (χ1) is 18.4. The summed E-state index contributed by atoms with van der Waals surface area (Å²) >= 11 is 0. The molecule has 1 saturated heterocycles. The lowest BCUT2D eigenvalue weighted by Gasteiger charge is -2.28. The number of fused-ring (bicyclic) bond motifs is 1. The molecule has 1 aliphatic rings. The van der Waals surface area contributed by atoms with Crippen molar-refractivity contribution in [3.63, 3.8) is 0 Å². The van der Waals surface area contributed by atoms with Gasteiger partial charge in [-0.15, -0.1) is 0 Å². The van der Waals surface area contributed by atoms with Crippen LogP contribution >= 0.6 is 0 Å². The summed E-state index contributed by atoms with van der Waals surface area (Å²) in [5, 5.41) is 8.93. The molecule has 0 radical (unpaired) electrons. The number of nitrogens with zero attached hydrogens (tertiary/aromatic N) is 4. The van der Waals surface area contributed by atoms with Gasteiger partial charge in [-0.2, -0.15) is 5.10 Å². The molecule has 1 fully saturated rings. The highest BCUT2D eigenvalue weighted by Crippen LogP contribution is 2.26. The average Bonchev–Trinajstić information content (AvgIpc) is 3.27. The molecule has 0 unspecified atom stereocenters. The van der Waals surface area contributed by atoms with Crippen LogP contribution < -0.4 is 10.2 Å². The number of benzene rings is 3. The van der Waals surface area contributed by atoms with Crippen molar-refractivity contribution in [1.29, 1.82) is 0 Å². The second kappa shape index (κ2) is 11.2. The molecule has 2 heterocycles. The molecular weight excluding hydrogens is 474 g/mol. The van der Waals surface area contributed by atoms with Crippen LogP contribution in [0, 0.1) is 12.8 Å². The van der Waals surface area contributed by atoms with E-state index in [1.807, 2.05) is 43.3 Å². The highest BCUT2D eigenvalue weighted by molar-refractivity contribution is 6.07. The van der Waals surface area contributed by atoms with E-state index in [-0.39, 0.29) is 11.8 Å². The number of carbonyl (C=O) groups excluding carboxylic acids is 2. The third kappa shape index (κ3) is 5.63. The van der Waals surface area contributed by atoms with Crippen LogP contribution in [0.4, 0.5) is 11.4 Å². The molecule has 2 amide bonds. The van der Waals surface area contributed by atoms with Crippen molar-refractivity contribution in [2.45, 2.75) is 32.7 Å². The zero-order valence-electron chi connectivity index (χ0n) is 22.4. The third-order valence-corrected chi connectivity index (χ3v) is 7.62. The van der Waals surface area contributed by atoms with Crippen molar-refractivity contribution in [3.8, 4) is 0 Å². The fourth-order valence-electron chi connectivity index (χ4n) is 5.18. The molecule has 0 spiro atoms. The van der Waals surface area contributed by atoms with Gasteiger partial charge in [0.1, 0.15) is 0 Å². The molecule has 1 aromatic heterocycles. The Bertz CT molecular complexity index is 1420.